The first-order valence-electron chi connectivity index (χ1n) is 8.82. The van der Waals surface area contributed by atoms with Crippen LogP contribution in [0, 0.1) is 12.8 Å². The van der Waals surface area contributed by atoms with E-state index in [0.717, 1.165) is 29.0 Å². The molecule has 0 bridgehead atoms. The number of hydrogen-bond donors (Lipinski definition) is 1. The second-order valence-electron chi connectivity index (χ2n) is 6.56. The topological polar surface area (TPSA) is 60.5 Å². The zero-order valence-corrected chi connectivity index (χ0v) is 15.2. The predicted octanol–water partition coefficient (Wildman–Crippen LogP) is 3.52. The Bertz CT molecular complexity index is 780. The van der Waals surface area contributed by atoms with Crippen LogP contribution in [-0.2, 0) is 11.3 Å². The van der Waals surface area contributed by atoms with Crippen LogP contribution in [-0.4, -0.2) is 24.6 Å². The van der Waals surface area contributed by atoms with E-state index in [1.54, 1.807) is 19.4 Å². The van der Waals surface area contributed by atoms with Gasteiger partial charge < -0.3 is 14.8 Å². The highest BCUT2D eigenvalue weighted by molar-refractivity contribution is 5.92. The van der Waals surface area contributed by atoms with Gasteiger partial charge in [-0.25, -0.2) is 4.98 Å². The maximum absolute atomic E-state index is 12.0. The number of nitrogens with zero attached hydrogens (tertiary/aromatic N) is 1. The molecule has 0 aliphatic heterocycles. The smallest absolute Gasteiger partial charge is 0.244 e. The minimum absolute atomic E-state index is 0.164. The highest BCUT2D eigenvalue weighted by atomic mass is 16.5. The van der Waals surface area contributed by atoms with Crippen molar-refractivity contribution in [2.24, 2.45) is 5.92 Å². The molecule has 1 saturated carbocycles. The van der Waals surface area contributed by atoms with Gasteiger partial charge in [-0.3, -0.25) is 4.79 Å². The molecule has 2 aromatic rings. The van der Waals surface area contributed by atoms with E-state index in [2.05, 4.69) is 10.3 Å². The molecular weight excluding hydrogens is 328 g/mol. The van der Waals surface area contributed by atoms with Gasteiger partial charge in [0.05, 0.1) is 13.7 Å². The maximum atomic E-state index is 12.0. The van der Waals surface area contributed by atoms with Crippen molar-refractivity contribution in [3.63, 3.8) is 0 Å². The predicted molar refractivity (Wildman–Crippen MR) is 101 cm³/mol. The fourth-order valence-corrected chi connectivity index (χ4v) is 2.49. The number of pyridine rings is 1. The summed E-state index contributed by atoms with van der Waals surface area (Å²) in [5.74, 6) is 1.92. The summed E-state index contributed by atoms with van der Waals surface area (Å²) in [6.45, 7) is 3.17. The molecule has 0 saturated heterocycles. The molecule has 3 rings (SSSR count). The average molecular weight is 352 g/mol. The molecule has 0 unspecified atom stereocenters. The Balaban J connectivity index is 1.49. The van der Waals surface area contributed by atoms with Gasteiger partial charge in [0.2, 0.25) is 11.8 Å². The zero-order chi connectivity index (χ0) is 18.4. The number of carbonyl (C=O) groups excluding carboxylic acids is 1. The van der Waals surface area contributed by atoms with Crippen LogP contribution in [0.25, 0.3) is 6.08 Å². The summed E-state index contributed by atoms with van der Waals surface area (Å²) in [4.78, 5) is 16.3. The molecule has 0 radical (unpaired) electrons. The largest absolute Gasteiger partial charge is 0.496 e. The van der Waals surface area contributed by atoms with Gasteiger partial charge in [0.1, 0.15) is 5.75 Å². The van der Waals surface area contributed by atoms with Gasteiger partial charge in [-0.1, -0.05) is 17.7 Å². The van der Waals surface area contributed by atoms with E-state index in [0.29, 0.717) is 18.3 Å². The molecule has 1 amide bonds. The van der Waals surface area contributed by atoms with Gasteiger partial charge in [0.15, 0.2) is 0 Å². The van der Waals surface area contributed by atoms with E-state index in [1.807, 2.05) is 37.3 Å². The van der Waals surface area contributed by atoms with Gasteiger partial charge in [0, 0.05) is 30.4 Å². The van der Waals surface area contributed by atoms with Crippen molar-refractivity contribution in [1.82, 2.24) is 10.3 Å². The standard InChI is InChI=1S/C21H24N2O3/c1-15-3-8-19(25-2)18(11-15)7-9-20(24)22-12-17-6-10-21(23-13-17)26-14-16-4-5-16/h3,6-11,13,16H,4-5,12,14H2,1-2H3,(H,22,24)/b9-7+. The highest BCUT2D eigenvalue weighted by Crippen LogP contribution is 2.29. The maximum Gasteiger partial charge on any atom is 0.244 e. The first-order chi connectivity index (χ1) is 12.6. The highest BCUT2D eigenvalue weighted by Gasteiger charge is 2.21. The third kappa shape index (κ3) is 5.34. The molecule has 1 N–H and O–H groups in total. The van der Waals surface area contributed by atoms with Crippen molar-refractivity contribution in [3.8, 4) is 11.6 Å². The molecule has 1 aliphatic rings. The van der Waals surface area contributed by atoms with Crippen molar-refractivity contribution < 1.29 is 14.3 Å². The van der Waals surface area contributed by atoms with E-state index in [4.69, 9.17) is 9.47 Å². The molecule has 1 fully saturated rings. The van der Waals surface area contributed by atoms with E-state index in [9.17, 15) is 4.79 Å². The molecule has 1 aromatic heterocycles. The van der Waals surface area contributed by atoms with E-state index < -0.39 is 0 Å². The molecular formula is C21H24N2O3. The van der Waals surface area contributed by atoms with Gasteiger partial charge in [-0.2, -0.15) is 0 Å². The Morgan fingerprint density at radius 3 is 2.85 bits per heavy atom. The molecule has 1 aromatic carbocycles. The first kappa shape index (κ1) is 18.0. The minimum atomic E-state index is -0.164. The molecule has 1 aliphatic carbocycles. The van der Waals surface area contributed by atoms with Gasteiger partial charge in [-0.05, 0) is 49.5 Å². The van der Waals surface area contributed by atoms with Crippen LogP contribution in [0.4, 0.5) is 0 Å². The Kier molecular flexibility index (Phi) is 5.89. The van der Waals surface area contributed by atoms with Crippen LogP contribution in [0.5, 0.6) is 11.6 Å². The number of rotatable bonds is 8. The molecule has 0 atom stereocenters. The van der Waals surface area contributed by atoms with E-state index in [1.165, 1.54) is 18.9 Å². The fraction of sp³-hybridized carbons (Fsp3) is 0.333. The molecule has 26 heavy (non-hydrogen) atoms. The van der Waals surface area contributed by atoms with Gasteiger partial charge in [-0.15, -0.1) is 0 Å². The lowest BCUT2D eigenvalue weighted by Gasteiger charge is -2.07. The molecule has 0 spiro atoms. The number of amides is 1. The van der Waals surface area contributed by atoms with E-state index in [-0.39, 0.29) is 5.91 Å². The van der Waals surface area contributed by atoms with Crippen molar-refractivity contribution in [2.75, 3.05) is 13.7 Å². The lowest BCUT2D eigenvalue weighted by atomic mass is 10.1. The number of nitrogens with one attached hydrogen (secondary N) is 1. The number of hydrogen-bond acceptors (Lipinski definition) is 4. The average Bonchev–Trinajstić information content (AvgIpc) is 3.48. The third-order valence-electron chi connectivity index (χ3n) is 4.23. The SMILES string of the molecule is COc1ccc(C)cc1/C=C/C(=O)NCc1ccc(OCC2CC2)nc1. The summed E-state index contributed by atoms with van der Waals surface area (Å²) in [5, 5.41) is 2.85. The Labute approximate surface area is 154 Å². The summed E-state index contributed by atoms with van der Waals surface area (Å²) < 4.78 is 10.9. The number of aromatic nitrogens is 1. The van der Waals surface area contributed by atoms with Crippen LogP contribution in [0.15, 0.2) is 42.6 Å². The monoisotopic (exact) mass is 352 g/mol. The quantitative estimate of drug-likeness (QED) is 0.739. The van der Waals surface area contributed by atoms with E-state index >= 15 is 0 Å². The number of aryl methyl sites for hydroxylation is 1. The molecule has 1 heterocycles. The van der Waals surface area contributed by atoms with Crippen LogP contribution in [0.3, 0.4) is 0 Å². The summed E-state index contributed by atoms with van der Waals surface area (Å²) in [6, 6.07) is 9.61. The molecule has 5 heteroatoms. The van der Waals surface area contributed by atoms with Crippen molar-refractivity contribution >= 4 is 12.0 Å². The van der Waals surface area contributed by atoms with Crippen LogP contribution < -0.4 is 14.8 Å². The molecule has 136 valence electrons. The Hall–Kier alpha value is -2.82. The summed E-state index contributed by atoms with van der Waals surface area (Å²) in [7, 11) is 1.62. The number of methoxy groups -OCH3 is 1. The Morgan fingerprint density at radius 2 is 2.15 bits per heavy atom. The summed E-state index contributed by atoms with van der Waals surface area (Å²) in [5.41, 5.74) is 2.92. The van der Waals surface area contributed by atoms with Crippen LogP contribution in [0.1, 0.15) is 29.5 Å². The second-order valence-corrected chi connectivity index (χ2v) is 6.56. The first-order valence-corrected chi connectivity index (χ1v) is 8.82. The normalized spacial score (nSPS) is 13.6. The Morgan fingerprint density at radius 1 is 1.31 bits per heavy atom. The van der Waals surface area contributed by atoms with Gasteiger partial charge in [0.25, 0.3) is 0 Å². The lowest BCUT2D eigenvalue weighted by Crippen LogP contribution is -2.20. The summed E-state index contributed by atoms with van der Waals surface area (Å²) >= 11 is 0. The number of benzene rings is 1. The fourth-order valence-electron chi connectivity index (χ4n) is 2.49. The van der Waals surface area contributed by atoms with Crippen molar-refractivity contribution in [1.29, 1.82) is 0 Å². The van der Waals surface area contributed by atoms with Crippen molar-refractivity contribution in [3.05, 3.63) is 59.3 Å². The van der Waals surface area contributed by atoms with Crippen LogP contribution in [0.2, 0.25) is 0 Å². The molecule has 5 nitrogen and oxygen atoms in total. The lowest BCUT2D eigenvalue weighted by molar-refractivity contribution is -0.116. The summed E-state index contributed by atoms with van der Waals surface area (Å²) in [6.07, 6.45) is 7.51. The zero-order valence-electron chi connectivity index (χ0n) is 15.2. The second kappa shape index (κ2) is 8.52. The number of carbonyl (C=O) groups is 1. The number of ether oxygens (including phenoxy) is 2. The van der Waals surface area contributed by atoms with Gasteiger partial charge >= 0.3 is 0 Å². The van der Waals surface area contributed by atoms with Crippen molar-refractivity contribution in [2.45, 2.75) is 26.3 Å². The van der Waals surface area contributed by atoms with Crippen LogP contribution >= 0.6 is 0 Å². The third-order valence-corrected chi connectivity index (χ3v) is 4.23. The minimum Gasteiger partial charge on any atom is -0.496 e.